The van der Waals surface area contributed by atoms with Crippen LogP contribution in [-0.2, 0) is 15.5 Å². The number of fused-ring (bicyclic) bond motifs is 1. The summed E-state index contributed by atoms with van der Waals surface area (Å²) in [4.78, 5) is 29.8. The fraction of sp³-hybridized carbons (Fsp3) is 0.154. The molecule has 0 unspecified atom stereocenters. The van der Waals surface area contributed by atoms with E-state index in [1.54, 1.807) is 30.3 Å². The van der Waals surface area contributed by atoms with Crippen molar-refractivity contribution in [2.24, 2.45) is 0 Å². The van der Waals surface area contributed by atoms with Gasteiger partial charge in [-0.05, 0) is 22.4 Å². The summed E-state index contributed by atoms with van der Waals surface area (Å²) in [6.45, 7) is 0. The lowest BCUT2D eigenvalue weighted by molar-refractivity contribution is 0.0603. The van der Waals surface area contributed by atoms with Crippen molar-refractivity contribution in [1.29, 1.82) is 0 Å². The predicted octanol–water partition coefficient (Wildman–Crippen LogP) is 2.30. The number of carbonyl (C=O) groups excluding carboxylic acids is 1. The third-order valence-electron chi connectivity index (χ3n) is 2.80. The molecule has 100 valence electrons. The molecule has 0 aliphatic rings. The van der Waals surface area contributed by atoms with Gasteiger partial charge < -0.3 is 14.5 Å². The van der Waals surface area contributed by atoms with Crippen molar-refractivity contribution in [3.8, 4) is 0 Å². The Kier molecular flexibility index (Phi) is 3.71. The van der Waals surface area contributed by atoms with Gasteiger partial charge in [-0.2, -0.15) is 0 Å². The van der Waals surface area contributed by atoms with E-state index in [0.29, 0.717) is 21.9 Å². The zero-order chi connectivity index (χ0) is 14.0. The van der Waals surface area contributed by atoms with Crippen LogP contribution in [0.4, 0.5) is 0 Å². The van der Waals surface area contributed by atoms with E-state index in [2.05, 4.69) is 0 Å². The molecule has 2 aromatic rings. The van der Waals surface area contributed by atoms with Gasteiger partial charge in [0.1, 0.15) is 0 Å². The van der Waals surface area contributed by atoms with Crippen LogP contribution < -0.4 is 0 Å². The first-order chi connectivity index (χ1) is 8.92. The normalized spacial score (nSPS) is 11.5. The van der Waals surface area contributed by atoms with Crippen molar-refractivity contribution in [1.82, 2.24) is 0 Å². The third kappa shape index (κ3) is 3.01. The minimum absolute atomic E-state index is 0.352. The Morgan fingerprint density at radius 3 is 2.37 bits per heavy atom. The zero-order valence-electron chi connectivity index (χ0n) is 10.2. The summed E-state index contributed by atoms with van der Waals surface area (Å²) < 4.78 is 15.8. The molecular formula is C13H13O5P. The number of hydrogen-bond acceptors (Lipinski definition) is 3. The van der Waals surface area contributed by atoms with E-state index in [1.165, 1.54) is 13.2 Å². The Morgan fingerprint density at radius 1 is 1.16 bits per heavy atom. The molecule has 0 aliphatic carbocycles. The van der Waals surface area contributed by atoms with Crippen molar-refractivity contribution in [3.63, 3.8) is 0 Å². The molecular weight excluding hydrogens is 267 g/mol. The maximum absolute atomic E-state index is 11.6. The lowest BCUT2D eigenvalue weighted by Gasteiger charge is -2.10. The van der Waals surface area contributed by atoms with Crippen LogP contribution in [0.25, 0.3) is 10.8 Å². The summed E-state index contributed by atoms with van der Waals surface area (Å²) in [5, 5.41) is 1.27. The second-order valence-corrected chi connectivity index (χ2v) is 5.78. The first-order valence-corrected chi connectivity index (χ1v) is 7.35. The standard InChI is InChI=1S/C13H13O5P/c1-18-13(14)12-7-6-9(8-19(15,16)17)10-4-2-3-5-11(10)12/h2-7H,8H2,1H3,(H2,15,16,17). The number of esters is 1. The zero-order valence-corrected chi connectivity index (χ0v) is 11.1. The van der Waals surface area contributed by atoms with Gasteiger partial charge in [-0.3, -0.25) is 4.57 Å². The Labute approximate surface area is 110 Å². The van der Waals surface area contributed by atoms with E-state index in [9.17, 15) is 9.36 Å². The quantitative estimate of drug-likeness (QED) is 0.665. The fourth-order valence-electron chi connectivity index (χ4n) is 2.01. The van der Waals surface area contributed by atoms with Gasteiger partial charge in [-0.1, -0.05) is 30.3 Å². The van der Waals surface area contributed by atoms with Crippen molar-refractivity contribution < 1.29 is 23.9 Å². The van der Waals surface area contributed by atoms with E-state index in [1.807, 2.05) is 0 Å². The molecule has 0 spiro atoms. The molecule has 0 saturated heterocycles. The predicted molar refractivity (Wildman–Crippen MR) is 71.0 cm³/mol. The smallest absolute Gasteiger partial charge is 0.338 e. The second kappa shape index (κ2) is 5.13. The number of ether oxygens (including phenoxy) is 1. The van der Waals surface area contributed by atoms with Crippen LogP contribution in [0.5, 0.6) is 0 Å². The summed E-state index contributed by atoms with van der Waals surface area (Å²) in [5.41, 5.74) is 0.893. The van der Waals surface area contributed by atoms with Crippen LogP contribution in [-0.4, -0.2) is 22.9 Å². The van der Waals surface area contributed by atoms with Gasteiger partial charge in [-0.25, -0.2) is 4.79 Å². The molecule has 0 aliphatic heterocycles. The van der Waals surface area contributed by atoms with Crippen LogP contribution in [0.3, 0.4) is 0 Å². The summed E-state index contributed by atoms with van der Waals surface area (Å²) in [5.74, 6) is -0.473. The summed E-state index contributed by atoms with van der Waals surface area (Å²) in [6.07, 6.45) is -0.352. The number of rotatable bonds is 3. The first kappa shape index (κ1) is 13.7. The van der Waals surface area contributed by atoms with Crippen LogP contribution >= 0.6 is 7.60 Å². The molecule has 0 amide bonds. The molecule has 0 aromatic heterocycles. The molecule has 5 nitrogen and oxygen atoms in total. The van der Waals surface area contributed by atoms with Crippen LogP contribution in [0.1, 0.15) is 15.9 Å². The van der Waals surface area contributed by atoms with Crippen LogP contribution in [0.15, 0.2) is 36.4 Å². The van der Waals surface area contributed by atoms with Gasteiger partial charge in [0.15, 0.2) is 0 Å². The maximum atomic E-state index is 11.6. The molecule has 2 aromatic carbocycles. The maximum Gasteiger partial charge on any atom is 0.338 e. The van der Waals surface area contributed by atoms with E-state index in [4.69, 9.17) is 14.5 Å². The summed E-state index contributed by atoms with van der Waals surface area (Å²) in [7, 11) is -2.86. The van der Waals surface area contributed by atoms with E-state index < -0.39 is 13.6 Å². The van der Waals surface area contributed by atoms with Gasteiger partial charge in [0.25, 0.3) is 0 Å². The average molecular weight is 280 g/mol. The largest absolute Gasteiger partial charge is 0.465 e. The Morgan fingerprint density at radius 2 is 1.79 bits per heavy atom. The highest BCUT2D eigenvalue weighted by molar-refractivity contribution is 7.50. The second-order valence-electron chi connectivity index (χ2n) is 4.13. The van der Waals surface area contributed by atoms with Gasteiger partial charge in [0.2, 0.25) is 0 Å². The first-order valence-electron chi connectivity index (χ1n) is 5.56. The van der Waals surface area contributed by atoms with Crippen LogP contribution in [0.2, 0.25) is 0 Å². The van der Waals surface area contributed by atoms with Crippen molar-refractivity contribution in [3.05, 3.63) is 47.5 Å². The van der Waals surface area contributed by atoms with E-state index >= 15 is 0 Å². The Balaban J connectivity index is 2.65. The number of benzene rings is 2. The van der Waals surface area contributed by atoms with Crippen molar-refractivity contribution in [2.75, 3.05) is 7.11 Å². The Bertz CT molecular complexity index is 674. The number of hydrogen-bond donors (Lipinski definition) is 2. The SMILES string of the molecule is COC(=O)c1ccc(CP(=O)(O)O)c2ccccc12. The van der Waals surface area contributed by atoms with Gasteiger partial charge in [0.05, 0.1) is 18.8 Å². The number of carbonyl (C=O) groups is 1. The summed E-state index contributed by atoms with van der Waals surface area (Å²) in [6, 6.07) is 10.0. The Hall–Kier alpha value is -1.68. The minimum atomic E-state index is -4.15. The molecule has 0 saturated carbocycles. The van der Waals surface area contributed by atoms with Gasteiger partial charge >= 0.3 is 13.6 Å². The fourth-order valence-corrected chi connectivity index (χ4v) is 2.73. The summed E-state index contributed by atoms with van der Waals surface area (Å²) >= 11 is 0. The molecule has 0 bridgehead atoms. The minimum Gasteiger partial charge on any atom is -0.465 e. The number of methoxy groups -OCH3 is 1. The van der Waals surface area contributed by atoms with E-state index in [0.717, 1.165) is 0 Å². The van der Waals surface area contributed by atoms with Gasteiger partial charge in [0, 0.05) is 0 Å². The lowest BCUT2D eigenvalue weighted by atomic mass is 10.0. The molecule has 0 fully saturated rings. The molecule has 0 heterocycles. The van der Waals surface area contributed by atoms with Crippen LogP contribution in [0, 0.1) is 0 Å². The molecule has 19 heavy (non-hydrogen) atoms. The molecule has 6 heteroatoms. The lowest BCUT2D eigenvalue weighted by Crippen LogP contribution is -2.03. The third-order valence-corrected chi connectivity index (χ3v) is 3.55. The van der Waals surface area contributed by atoms with Crippen molar-refractivity contribution in [2.45, 2.75) is 6.16 Å². The highest BCUT2D eigenvalue weighted by Gasteiger charge is 2.18. The van der Waals surface area contributed by atoms with Gasteiger partial charge in [-0.15, -0.1) is 0 Å². The molecule has 0 radical (unpaired) electrons. The molecule has 2 rings (SSSR count). The highest BCUT2D eigenvalue weighted by Crippen LogP contribution is 2.41. The van der Waals surface area contributed by atoms with E-state index in [-0.39, 0.29) is 6.16 Å². The molecule has 2 N–H and O–H groups in total. The van der Waals surface area contributed by atoms with Crippen molar-refractivity contribution >= 4 is 24.3 Å². The average Bonchev–Trinajstić information content (AvgIpc) is 2.36. The monoisotopic (exact) mass is 280 g/mol. The topological polar surface area (TPSA) is 83.8 Å². The highest BCUT2D eigenvalue weighted by atomic mass is 31.2. The molecule has 0 atom stereocenters.